The van der Waals surface area contributed by atoms with Crippen molar-refractivity contribution in [3.05, 3.63) is 76.7 Å². The lowest BCUT2D eigenvalue weighted by Crippen LogP contribution is -2.11. The van der Waals surface area contributed by atoms with Gasteiger partial charge in [0, 0.05) is 12.0 Å². The lowest BCUT2D eigenvalue weighted by atomic mass is 10.0. The fraction of sp³-hybridized carbons (Fsp3) is 0.320. The van der Waals surface area contributed by atoms with Crippen LogP contribution in [-0.4, -0.2) is 16.6 Å². The fourth-order valence-corrected chi connectivity index (χ4v) is 3.30. The van der Waals surface area contributed by atoms with E-state index in [1.807, 2.05) is 31.2 Å². The zero-order valence-corrected chi connectivity index (χ0v) is 17.3. The van der Waals surface area contributed by atoms with E-state index in [0.717, 1.165) is 24.0 Å². The zero-order valence-electron chi connectivity index (χ0n) is 17.3. The van der Waals surface area contributed by atoms with Crippen LogP contribution in [0.4, 0.5) is 0 Å². The van der Waals surface area contributed by atoms with Gasteiger partial charge in [0.1, 0.15) is 17.3 Å². The predicted molar refractivity (Wildman–Crippen MR) is 114 cm³/mol. The molecule has 0 aliphatic rings. The molecule has 4 nitrogen and oxygen atoms in total. The molecule has 0 spiro atoms. The summed E-state index contributed by atoms with van der Waals surface area (Å²) in [5.74, 6) is 1.01. The van der Waals surface area contributed by atoms with Crippen LogP contribution in [0.1, 0.15) is 47.4 Å². The van der Waals surface area contributed by atoms with Crippen LogP contribution >= 0.6 is 0 Å². The Bertz CT molecular complexity index is 999. The molecule has 0 N–H and O–H groups in total. The van der Waals surface area contributed by atoms with Crippen LogP contribution in [0.3, 0.4) is 0 Å². The molecule has 29 heavy (non-hydrogen) atoms. The van der Waals surface area contributed by atoms with E-state index in [4.69, 9.17) is 4.42 Å². The summed E-state index contributed by atoms with van der Waals surface area (Å²) in [6.45, 7) is 5.87. The molecule has 1 aromatic heterocycles. The third-order valence-corrected chi connectivity index (χ3v) is 4.96. The average molecular weight is 389 g/mol. The minimum absolute atomic E-state index is 0.0119. The molecule has 2 aromatic carbocycles. The van der Waals surface area contributed by atoms with Crippen molar-refractivity contribution in [2.75, 3.05) is 0 Å². The van der Waals surface area contributed by atoms with Gasteiger partial charge in [-0.15, -0.1) is 0 Å². The van der Waals surface area contributed by atoms with Crippen molar-refractivity contribution in [2.45, 2.75) is 52.9 Å². The molecular weight excluding hydrogens is 362 g/mol. The van der Waals surface area contributed by atoms with Gasteiger partial charge in [-0.25, -0.2) is 4.98 Å². The van der Waals surface area contributed by atoms with E-state index in [1.54, 1.807) is 6.92 Å². The normalized spacial score (nSPS) is 10.9. The first-order valence-electron chi connectivity index (χ1n) is 10.0. The Morgan fingerprint density at radius 1 is 0.931 bits per heavy atom. The Kier molecular flexibility index (Phi) is 6.76. The number of ketones is 2. The molecular formula is C25H27NO3. The molecule has 3 aromatic rings. The van der Waals surface area contributed by atoms with E-state index in [-0.39, 0.29) is 24.4 Å². The fourth-order valence-electron chi connectivity index (χ4n) is 3.30. The van der Waals surface area contributed by atoms with Crippen molar-refractivity contribution in [3.8, 4) is 11.5 Å². The first-order valence-corrected chi connectivity index (χ1v) is 10.0. The maximum absolute atomic E-state index is 12.3. The van der Waals surface area contributed by atoms with Crippen LogP contribution < -0.4 is 0 Å². The standard InChI is InChI=1S/C25H27NO3/c1-17-10-12-20(13-11-17)7-5-9-22(27)15-23(28)16-24-19(3)29-25(26-24)21-8-4-6-18(2)14-21/h4,6,8,10-14H,5,7,9,15-16H2,1-3H3. The maximum Gasteiger partial charge on any atom is 0.226 e. The molecule has 0 saturated heterocycles. The lowest BCUT2D eigenvalue weighted by Gasteiger charge is -2.02. The van der Waals surface area contributed by atoms with Gasteiger partial charge in [-0.2, -0.15) is 0 Å². The number of benzene rings is 2. The van der Waals surface area contributed by atoms with Gasteiger partial charge in [0.2, 0.25) is 5.89 Å². The molecule has 4 heteroatoms. The van der Waals surface area contributed by atoms with Crippen LogP contribution in [-0.2, 0) is 22.4 Å². The first-order chi connectivity index (χ1) is 13.9. The van der Waals surface area contributed by atoms with Crippen molar-refractivity contribution >= 4 is 11.6 Å². The number of hydrogen-bond donors (Lipinski definition) is 0. The van der Waals surface area contributed by atoms with Gasteiger partial charge in [0.05, 0.1) is 18.5 Å². The van der Waals surface area contributed by atoms with Crippen molar-refractivity contribution in [1.82, 2.24) is 4.98 Å². The molecule has 0 unspecified atom stereocenters. The highest BCUT2D eigenvalue weighted by atomic mass is 16.4. The predicted octanol–water partition coefficient (Wildman–Crippen LogP) is 5.36. The number of aryl methyl sites for hydroxylation is 4. The van der Waals surface area contributed by atoms with Crippen LogP contribution in [0.25, 0.3) is 11.5 Å². The minimum atomic E-state index is -0.113. The monoisotopic (exact) mass is 389 g/mol. The molecule has 0 aliphatic heterocycles. The second kappa shape index (κ2) is 9.46. The Balaban J connectivity index is 1.50. The molecule has 0 atom stereocenters. The SMILES string of the molecule is Cc1ccc(CCCC(=O)CC(=O)Cc2nc(-c3cccc(C)c3)oc2C)cc1. The van der Waals surface area contributed by atoms with Gasteiger partial charge >= 0.3 is 0 Å². The van der Waals surface area contributed by atoms with Crippen molar-refractivity contribution < 1.29 is 14.0 Å². The first kappa shape index (κ1) is 20.7. The van der Waals surface area contributed by atoms with Gasteiger partial charge in [-0.3, -0.25) is 9.59 Å². The minimum Gasteiger partial charge on any atom is -0.441 e. The van der Waals surface area contributed by atoms with E-state index < -0.39 is 0 Å². The van der Waals surface area contributed by atoms with Gasteiger partial charge in [0.15, 0.2) is 0 Å². The summed E-state index contributed by atoms with van der Waals surface area (Å²) in [4.78, 5) is 29.0. The molecule has 1 heterocycles. The van der Waals surface area contributed by atoms with E-state index >= 15 is 0 Å². The summed E-state index contributed by atoms with van der Waals surface area (Å²) in [5.41, 5.74) is 5.06. The molecule has 0 amide bonds. The number of carbonyl (C=O) groups excluding carboxylic acids is 2. The lowest BCUT2D eigenvalue weighted by molar-refractivity contribution is -0.126. The topological polar surface area (TPSA) is 60.2 Å². The molecule has 150 valence electrons. The maximum atomic E-state index is 12.3. The molecule has 0 bridgehead atoms. The van der Waals surface area contributed by atoms with E-state index in [0.29, 0.717) is 23.8 Å². The highest BCUT2D eigenvalue weighted by Crippen LogP contribution is 2.23. The smallest absolute Gasteiger partial charge is 0.226 e. The second-order valence-corrected chi connectivity index (χ2v) is 7.66. The van der Waals surface area contributed by atoms with E-state index in [9.17, 15) is 9.59 Å². The van der Waals surface area contributed by atoms with Crippen molar-refractivity contribution in [3.63, 3.8) is 0 Å². The Labute approximate surface area is 172 Å². The Morgan fingerprint density at radius 2 is 1.69 bits per heavy atom. The quantitative estimate of drug-likeness (QED) is 0.462. The van der Waals surface area contributed by atoms with Crippen LogP contribution in [0.15, 0.2) is 52.9 Å². The number of hydrogen-bond acceptors (Lipinski definition) is 4. The van der Waals surface area contributed by atoms with Crippen molar-refractivity contribution in [1.29, 1.82) is 0 Å². The zero-order chi connectivity index (χ0) is 20.8. The molecule has 0 radical (unpaired) electrons. The van der Waals surface area contributed by atoms with Crippen LogP contribution in [0.2, 0.25) is 0 Å². The largest absolute Gasteiger partial charge is 0.441 e. The third kappa shape index (κ3) is 5.98. The summed E-state index contributed by atoms with van der Waals surface area (Å²) < 4.78 is 5.74. The van der Waals surface area contributed by atoms with Gasteiger partial charge in [-0.1, -0.05) is 47.5 Å². The average Bonchev–Trinajstić information content (AvgIpc) is 3.04. The van der Waals surface area contributed by atoms with Crippen LogP contribution in [0, 0.1) is 20.8 Å². The molecule has 0 fully saturated rings. The van der Waals surface area contributed by atoms with Gasteiger partial charge in [-0.05, 0) is 51.3 Å². The van der Waals surface area contributed by atoms with Gasteiger partial charge in [0.25, 0.3) is 0 Å². The molecule has 0 saturated carbocycles. The summed E-state index contributed by atoms with van der Waals surface area (Å²) >= 11 is 0. The Hall–Kier alpha value is -3.01. The summed E-state index contributed by atoms with van der Waals surface area (Å²) in [6.07, 6.45) is 2.12. The highest BCUT2D eigenvalue weighted by Gasteiger charge is 2.17. The molecule has 3 rings (SSSR count). The number of nitrogens with zero attached hydrogens (tertiary/aromatic N) is 1. The van der Waals surface area contributed by atoms with E-state index in [2.05, 4.69) is 36.2 Å². The van der Waals surface area contributed by atoms with Gasteiger partial charge < -0.3 is 4.42 Å². The molecule has 0 aliphatic carbocycles. The Morgan fingerprint density at radius 3 is 2.41 bits per heavy atom. The highest BCUT2D eigenvalue weighted by molar-refractivity contribution is 5.99. The number of oxazole rings is 1. The summed E-state index contributed by atoms with van der Waals surface area (Å²) in [5, 5.41) is 0. The number of Topliss-reactive ketones (excluding diaryl/α,β-unsaturated/α-hetero) is 2. The number of aromatic nitrogens is 1. The second-order valence-electron chi connectivity index (χ2n) is 7.66. The number of carbonyl (C=O) groups is 2. The summed E-state index contributed by atoms with van der Waals surface area (Å²) in [7, 11) is 0. The third-order valence-electron chi connectivity index (χ3n) is 4.96. The summed E-state index contributed by atoms with van der Waals surface area (Å²) in [6, 6.07) is 16.2. The van der Waals surface area contributed by atoms with Crippen molar-refractivity contribution in [2.24, 2.45) is 0 Å². The van der Waals surface area contributed by atoms with E-state index in [1.165, 1.54) is 11.1 Å². The van der Waals surface area contributed by atoms with Crippen LogP contribution in [0.5, 0.6) is 0 Å². The number of rotatable bonds is 9.